The lowest BCUT2D eigenvalue weighted by Crippen LogP contribution is -2.49. The van der Waals surface area contributed by atoms with E-state index >= 15 is 0 Å². The number of hydrogen-bond donors (Lipinski definition) is 1. The van der Waals surface area contributed by atoms with E-state index in [0.717, 1.165) is 5.69 Å². The first-order valence-electron chi connectivity index (χ1n) is 13.1. The Morgan fingerprint density at radius 1 is 1.20 bits per heavy atom. The fourth-order valence-corrected chi connectivity index (χ4v) is 6.09. The molecule has 0 radical (unpaired) electrons. The number of halogens is 2. The van der Waals surface area contributed by atoms with Crippen molar-refractivity contribution in [2.24, 2.45) is 0 Å². The lowest BCUT2D eigenvalue weighted by molar-refractivity contribution is 0.0338. The number of methoxy groups -OCH3 is 1. The molecule has 2 bridgehead atoms. The van der Waals surface area contributed by atoms with Gasteiger partial charge in [0.05, 0.1) is 60.4 Å². The Balaban J connectivity index is 1.23. The van der Waals surface area contributed by atoms with E-state index in [4.69, 9.17) is 21.1 Å². The average Bonchev–Trinajstić information content (AvgIpc) is 3.18. The zero-order valence-electron chi connectivity index (χ0n) is 22.5. The van der Waals surface area contributed by atoms with Crippen molar-refractivity contribution in [1.29, 1.82) is 0 Å². The van der Waals surface area contributed by atoms with Crippen molar-refractivity contribution in [3.63, 3.8) is 0 Å². The molecule has 3 saturated heterocycles. The van der Waals surface area contributed by atoms with Crippen molar-refractivity contribution in [2.75, 3.05) is 62.1 Å². The second-order valence-corrected chi connectivity index (χ2v) is 12.9. The maximum Gasteiger partial charge on any atom is 0.227 e. The number of ether oxygens (including phenoxy) is 2. The molecule has 1 N–H and O–H groups in total. The summed E-state index contributed by atoms with van der Waals surface area (Å²) in [4.78, 5) is 17.6. The molecule has 3 aliphatic rings. The molecule has 3 aromatic heterocycles. The maximum atomic E-state index is 14.2. The first-order valence-corrected chi connectivity index (χ1v) is 15.5. The van der Waals surface area contributed by atoms with Crippen LogP contribution in [0.5, 0.6) is 5.75 Å². The van der Waals surface area contributed by atoms with Crippen LogP contribution in [0.4, 0.5) is 21.7 Å². The molecule has 14 heteroatoms. The third kappa shape index (κ3) is 5.80. The van der Waals surface area contributed by atoms with Gasteiger partial charge < -0.3 is 19.7 Å². The van der Waals surface area contributed by atoms with Gasteiger partial charge in [-0.15, -0.1) is 0 Å². The van der Waals surface area contributed by atoms with Gasteiger partial charge in [0.1, 0.15) is 21.3 Å². The topological polar surface area (TPSA) is 114 Å². The molecular weight excluding hydrogens is 573 g/mol. The number of sulfone groups is 1. The summed E-state index contributed by atoms with van der Waals surface area (Å²) in [6, 6.07) is 8.86. The summed E-state index contributed by atoms with van der Waals surface area (Å²) in [6.07, 6.45) is 5.94. The summed E-state index contributed by atoms with van der Waals surface area (Å²) in [7, 11) is -1.45. The molecule has 11 nitrogen and oxygen atoms in total. The van der Waals surface area contributed by atoms with Gasteiger partial charge in [-0.05, 0) is 24.3 Å². The number of rotatable bonds is 8. The number of imidazole rings is 1. The van der Waals surface area contributed by atoms with E-state index in [1.165, 1.54) is 24.7 Å². The van der Waals surface area contributed by atoms with Gasteiger partial charge in [-0.3, -0.25) is 9.30 Å². The number of aromatic nitrogens is 4. The minimum Gasteiger partial charge on any atom is -0.494 e. The van der Waals surface area contributed by atoms with Crippen molar-refractivity contribution in [2.45, 2.75) is 12.1 Å². The van der Waals surface area contributed by atoms with Crippen LogP contribution in [0.15, 0.2) is 48.9 Å². The molecule has 0 aliphatic carbocycles. The Morgan fingerprint density at radius 2 is 2.05 bits per heavy atom. The third-order valence-electron chi connectivity index (χ3n) is 7.31. The van der Waals surface area contributed by atoms with Gasteiger partial charge in [-0.2, -0.15) is 0 Å². The number of pyridine rings is 1. The fourth-order valence-electron chi connectivity index (χ4n) is 5.32. The summed E-state index contributed by atoms with van der Waals surface area (Å²) in [6.45, 7) is 3.15. The number of fused-ring (bicyclic) bond motifs is 5. The Morgan fingerprint density at radius 3 is 2.85 bits per heavy atom. The number of nitrogens with zero attached hydrogens (tertiary/aromatic N) is 6. The highest BCUT2D eigenvalue weighted by Gasteiger charge is 2.36. The number of hydrogen-bond acceptors (Lipinski definition) is 10. The average molecular weight is 602 g/mol. The molecule has 0 amide bonds. The van der Waals surface area contributed by atoms with E-state index in [9.17, 15) is 12.8 Å². The van der Waals surface area contributed by atoms with Crippen molar-refractivity contribution in [3.8, 4) is 17.1 Å². The van der Waals surface area contributed by atoms with E-state index < -0.39 is 15.7 Å². The van der Waals surface area contributed by atoms with Crippen LogP contribution in [0.3, 0.4) is 0 Å². The molecule has 7 rings (SSSR count). The Kier molecular flexibility index (Phi) is 7.45. The highest BCUT2D eigenvalue weighted by molar-refractivity contribution is 7.90. The molecule has 4 aromatic rings. The third-order valence-corrected chi connectivity index (χ3v) is 8.51. The van der Waals surface area contributed by atoms with Crippen LogP contribution in [0.1, 0.15) is 0 Å². The second-order valence-electron chi connectivity index (χ2n) is 10.2. The number of anilines is 3. The van der Waals surface area contributed by atoms with Gasteiger partial charge >= 0.3 is 0 Å². The standard InChI is InChI=1S/C27H29ClFN7O4S/c1-39-24-10-17(36-15-19-14-34(8-9-41(2,37)38)13-18(36)16-40-19)5-6-22(24)32-27-31-11-20(28)25(33-27)23-12-30-26-21(29)4-3-7-35(23)26/h3-7,10-12,18-19H,8-9,13-16H2,1-2H3,(H,31,32,33). The fraction of sp³-hybridized carbons (Fsp3) is 0.370. The summed E-state index contributed by atoms with van der Waals surface area (Å²) in [5, 5.41) is 3.51. The van der Waals surface area contributed by atoms with Crippen molar-refractivity contribution >= 4 is 44.4 Å². The first-order chi connectivity index (χ1) is 19.7. The van der Waals surface area contributed by atoms with Gasteiger partial charge in [0, 0.05) is 50.4 Å². The van der Waals surface area contributed by atoms with Crippen LogP contribution in [0.2, 0.25) is 5.02 Å². The summed E-state index contributed by atoms with van der Waals surface area (Å²) in [5.41, 5.74) is 2.73. The predicted molar refractivity (Wildman–Crippen MR) is 154 cm³/mol. The number of benzene rings is 1. The van der Waals surface area contributed by atoms with Gasteiger partial charge in [0.15, 0.2) is 11.5 Å². The van der Waals surface area contributed by atoms with Crippen molar-refractivity contribution in [3.05, 3.63) is 59.8 Å². The van der Waals surface area contributed by atoms with E-state index in [-0.39, 0.29) is 29.5 Å². The lowest BCUT2D eigenvalue weighted by atomic mass is 10.1. The van der Waals surface area contributed by atoms with Gasteiger partial charge in [-0.1, -0.05) is 11.6 Å². The van der Waals surface area contributed by atoms with Crippen LogP contribution in [0.25, 0.3) is 17.0 Å². The largest absolute Gasteiger partial charge is 0.494 e. The maximum absolute atomic E-state index is 14.2. The Bertz CT molecular complexity index is 1700. The minimum atomic E-state index is -3.04. The smallest absolute Gasteiger partial charge is 0.227 e. The summed E-state index contributed by atoms with van der Waals surface area (Å²) >= 11 is 6.43. The highest BCUT2D eigenvalue weighted by atomic mass is 35.5. The van der Waals surface area contributed by atoms with Crippen molar-refractivity contribution in [1.82, 2.24) is 24.3 Å². The zero-order chi connectivity index (χ0) is 28.7. The Labute approximate surface area is 241 Å². The van der Waals surface area contributed by atoms with Crippen LogP contribution in [0, 0.1) is 5.82 Å². The first kappa shape index (κ1) is 27.6. The molecule has 2 unspecified atom stereocenters. The Hall–Kier alpha value is -3.52. The SMILES string of the molecule is COc1cc(N2CC3CN(CCS(C)(=O)=O)CC2CO3)ccc1Nc1ncc(Cl)c(-c2cnc3c(F)cccn23)n1. The summed E-state index contributed by atoms with van der Waals surface area (Å²) < 4.78 is 50.9. The molecule has 3 fully saturated rings. The number of nitrogens with one attached hydrogen (secondary N) is 1. The van der Waals surface area contributed by atoms with Gasteiger partial charge in [0.2, 0.25) is 5.95 Å². The number of morpholine rings is 1. The molecule has 0 spiro atoms. The molecule has 216 valence electrons. The molecule has 3 aliphatic heterocycles. The van der Waals surface area contributed by atoms with E-state index in [1.807, 2.05) is 18.2 Å². The van der Waals surface area contributed by atoms with Crippen LogP contribution in [-0.4, -0.2) is 96.7 Å². The summed E-state index contributed by atoms with van der Waals surface area (Å²) in [5.74, 6) is 0.557. The second kappa shape index (κ2) is 11.0. The zero-order valence-corrected chi connectivity index (χ0v) is 24.1. The highest BCUT2D eigenvalue weighted by Crippen LogP contribution is 2.35. The quantitative estimate of drug-likeness (QED) is 0.323. The minimum absolute atomic E-state index is 0.0221. The molecule has 1 aromatic carbocycles. The lowest BCUT2D eigenvalue weighted by Gasteiger charge is -2.38. The van der Waals surface area contributed by atoms with Crippen molar-refractivity contribution < 1.29 is 22.3 Å². The van der Waals surface area contributed by atoms with Gasteiger partial charge in [0.25, 0.3) is 0 Å². The van der Waals surface area contributed by atoms with E-state index in [0.29, 0.717) is 60.6 Å². The van der Waals surface area contributed by atoms with Gasteiger partial charge in [-0.25, -0.2) is 27.8 Å². The van der Waals surface area contributed by atoms with Crippen LogP contribution < -0.4 is 15.0 Å². The molecule has 41 heavy (non-hydrogen) atoms. The predicted octanol–water partition coefficient (Wildman–Crippen LogP) is 3.27. The normalized spacial score (nSPS) is 19.5. The monoisotopic (exact) mass is 601 g/mol. The molecule has 0 saturated carbocycles. The van der Waals surface area contributed by atoms with Crippen LogP contribution in [-0.2, 0) is 14.6 Å². The van der Waals surface area contributed by atoms with E-state index in [1.54, 1.807) is 23.8 Å². The van der Waals surface area contributed by atoms with Crippen LogP contribution >= 0.6 is 11.6 Å². The molecule has 2 atom stereocenters. The molecule has 6 heterocycles. The van der Waals surface area contributed by atoms with E-state index in [2.05, 4.69) is 30.1 Å². The molecular formula is C27H29ClFN7O4S.